The van der Waals surface area contributed by atoms with Crippen LogP contribution in [0.25, 0.3) is 33.4 Å². The van der Waals surface area contributed by atoms with E-state index < -0.39 is 0 Å². The molecule has 0 amide bonds. The van der Waals surface area contributed by atoms with Gasteiger partial charge < -0.3 is 4.90 Å². The Bertz CT molecular complexity index is 2580. The molecule has 0 aliphatic heterocycles. The summed E-state index contributed by atoms with van der Waals surface area (Å²) in [7, 11) is 0. The normalized spacial score (nSPS) is 25.3. The summed E-state index contributed by atoms with van der Waals surface area (Å²) in [6, 6.07) is 50.2. The first-order valence-corrected chi connectivity index (χ1v) is 23.2. The monoisotopic (exact) mass is 769 g/mol. The van der Waals surface area contributed by atoms with Crippen LogP contribution < -0.4 is 4.90 Å². The number of anilines is 3. The van der Waals surface area contributed by atoms with Crippen molar-refractivity contribution in [1.82, 2.24) is 0 Å². The van der Waals surface area contributed by atoms with Gasteiger partial charge in [-0.05, 0) is 184 Å². The number of hydrogen-bond acceptors (Lipinski definition) is 1. The Labute approximate surface area is 352 Å². The molecule has 0 radical (unpaired) electrons. The Morgan fingerprint density at radius 2 is 1.02 bits per heavy atom. The molecular formula is C58H59N. The SMILES string of the molecule is CC1(C)c2cc(N(c3ccc(C4CCCCC4)cc3)c3ccc(C45CC6CC(CC(C6)C4)C5)cc3)ccc2-c2c(-c3cccc4c3C(C)(C)c3ccccc3-4)cccc21. The number of hydrogen-bond donors (Lipinski definition) is 0. The van der Waals surface area contributed by atoms with E-state index in [0.29, 0.717) is 11.3 Å². The average molecular weight is 770 g/mol. The minimum atomic E-state index is -0.147. The van der Waals surface area contributed by atoms with Crippen LogP contribution in [0.15, 0.2) is 127 Å². The maximum atomic E-state index is 2.55. The lowest BCUT2D eigenvalue weighted by Crippen LogP contribution is -2.48. The van der Waals surface area contributed by atoms with E-state index in [2.05, 4.69) is 160 Å². The molecule has 0 N–H and O–H groups in total. The third kappa shape index (κ3) is 5.41. The van der Waals surface area contributed by atoms with Gasteiger partial charge in [-0.15, -0.1) is 0 Å². The molecule has 296 valence electrons. The summed E-state index contributed by atoms with van der Waals surface area (Å²) in [5, 5.41) is 0. The van der Waals surface area contributed by atoms with Crippen molar-refractivity contribution in [1.29, 1.82) is 0 Å². The lowest BCUT2D eigenvalue weighted by Gasteiger charge is -2.57. The highest BCUT2D eigenvalue weighted by Gasteiger charge is 2.51. The molecule has 7 aliphatic carbocycles. The molecule has 5 saturated carbocycles. The molecule has 0 saturated heterocycles. The zero-order valence-electron chi connectivity index (χ0n) is 35.7. The lowest BCUT2D eigenvalue weighted by molar-refractivity contribution is -0.00518. The Kier molecular flexibility index (Phi) is 7.97. The molecule has 5 fully saturated rings. The Hall–Kier alpha value is -4.88. The van der Waals surface area contributed by atoms with Gasteiger partial charge in [0.25, 0.3) is 0 Å². The smallest absolute Gasteiger partial charge is 0.0465 e. The van der Waals surface area contributed by atoms with Crippen LogP contribution in [0.2, 0.25) is 0 Å². The number of rotatable bonds is 6. The fourth-order valence-electron chi connectivity index (χ4n) is 14.4. The van der Waals surface area contributed by atoms with E-state index >= 15 is 0 Å². The zero-order chi connectivity index (χ0) is 39.7. The summed E-state index contributed by atoms with van der Waals surface area (Å²) < 4.78 is 0. The minimum absolute atomic E-state index is 0.0790. The molecule has 6 aromatic rings. The summed E-state index contributed by atoms with van der Waals surface area (Å²) in [6.45, 7) is 9.73. The second-order valence-corrected chi connectivity index (χ2v) is 21.0. The molecule has 0 unspecified atom stereocenters. The Balaban J connectivity index is 0.966. The summed E-state index contributed by atoms with van der Waals surface area (Å²) in [6.07, 6.45) is 15.5. The van der Waals surface area contributed by atoms with E-state index in [1.165, 1.54) is 149 Å². The molecule has 1 heteroatoms. The highest BCUT2D eigenvalue weighted by atomic mass is 15.1. The predicted octanol–water partition coefficient (Wildman–Crippen LogP) is 16.0. The van der Waals surface area contributed by atoms with Gasteiger partial charge in [0, 0.05) is 27.9 Å². The van der Waals surface area contributed by atoms with E-state index in [9.17, 15) is 0 Å². The fraction of sp³-hybridized carbons (Fsp3) is 0.379. The van der Waals surface area contributed by atoms with Gasteiger partial charge in [0.2, 0.25) is 0 Å². The molecule has 0 atom stereocenters. The standard InChI is InChI=1S/C58H59N/c1-56(2)52-19-11-15-47(49-17-10-16-48-46-14-8-9-18-51(46)57(3,4)55(48)49)54(52)50-29-28-45(33-53(50)56)59(43-24-20-41(21-25-43)40-12-6-5-7-13-40)44-26-22-42(23-27-44)58-34-37-30-38(35-58)32-39(31-37)36-58/h8-11,14-29,33,37-40H,5-7,12-13,30-32,34-36H2,1-4H3. The number of fused-ring (bicyclic) bond motifs is 6. The van der Waals surface area contributed by atoms with Gasteiger partial charge >= 0.3 is 0 Å². The molecule has 0 spiro atoms. The van der Waals surface area contributed by atoms with E-state index in [0.717, 1.165) is 17.8 Å². The first-order chi connectivity index (χ1) is 28.7. The van der Waals surface area contributed by atoms with Crippen molar-refractivity contribution < 1.29 is 0 Å². The van der Waals surface area contributed by atoms with Crippen LogP contribution in [0.5, 0.6) is 0 Å². The second-order valence-electron chi connectivity index (χ2n) is 21.0. The maximum absolute atomic E-state index is 2.55. The largest absolute Gasteiger partial charge is 0.310 e. The average Bonchev–Trinajstić information content (AvgIpc) is 3.63. The third-order valence-electron chi connectivity index (χ3n) is 16.8. The van der Waals surface area contributed by atoms with Gasteiger partial charge in [0.05, 0.1) is 0 Å². The molecular weight excluding hydrogens is 711 g/mol. The molecule has 13 rings (SSSR count). The second kappa shape index (κ2) is 13.1. The van der Waals surface area contributed by atoms with Crippen LogP contribution in [-0.2, 0) is 16.2 Å². The van der Waals surface area contributed by atoms with Crippen molar-refractivity contribution in [3.05, 3.63) is 161 Å². The van der Waals surface area contributed by atoms with Crippen molar-refractivity contribution in [2.45, 2.75) is 120 Å². The van der Waals surface area contributed by atoms with Crippen molar-refractivity contribution in [3.8, 4) is 33.4 Å². The van der Waals surface area contributed by atoms with E-state index in [1.807, 2.05) is 0 Å². The molecule has 1 nitrogen and oxygen atoms in total. The van der Waals surface area contributed by atoms with E-state index in [1.54, 1.807) is 5.56 Å². The van der Waals surface area contributed by atoms with Gasteiger partial charge in [-0.3, -0.25) is 0 Å². The van der Waals surface area contributed by atoms with Crippen molar-refractivity contribution >= 4 is 17.1 Å². The van der Waals surface area contributed by atoms with Gasteiger partial charge in [0.1, 0.15) is 0 Å². The van der Waals surface area contributed by atoms with Gasteiger partial charge in [0.15, 0.2) is 0 Å². The van der Waals surface area contributed by atoms with Crippen molar-refractivity contribution in [2.24, 2.45) is 17.8 Å². The highest BCUT2D eigenvalue weighted by Crippen LogP contribution is 2.61. The van der Waals surface area contributed by atoms with Gasteiger partial charge in [-0.25, -0.2) is 0 Å². The summed E-state index contributed by atoms with van der Waals surface area (Å²) >= 11 is 0. The van der Waals surface area contributed by atoms with Crippen LogP contribution in [0.3, 0.4) is 0 Å². The van der Waals surface area contributed by atoms with E-state index in [4.69, 9.17) is 0 Å². The zero-order valence-corrected chi connectivity index (χ0v) is 35.7. The molecule has 0 heterocycles. The Morgan fingerprint density at radius 1 is 0.458 bits per heavy atom. The molecule has 6 aromatic carbocycles. The molecule has 0 aromatic heterocycles. The van der Waals surface area contributed by atoms with Crippen LogP contribution >= 0.6 is 0 Å². The highest BCUT2D eigenvalue weighted by molar-refractivity contribution is 5.97. The lowest BCUT2D eigenvalue weighted by atomic mass is 9.48. The van der Waals surface area contributed by atoms with Crippen LogP contribution in [0, 0.1) is 17.8 Å². The topological polar surface area (TPSA) is 3.24 Å². The molecule has 59 heavy (non-hydrogen) atoms. The first kappa shape index (κ1) is 36.0. The summed E-state index contributed by atoms with van der Waals surface area (Å²) in [5.74, 6) is 3.55. The number of benzene rings is 6. The summed E-state index contributed by atoms with van der Waals surface area (Å²) in [4.78, 5) is 2.55. The van der Waals surface area contributed by atoms with Crippen LogP contribution in [-0.4, -0.2) is 0 Å². The molecule has 4 bridgehead atoms. The van der Waals surface area contributed by atoms with Crippen LogP contribution in [0.1, 0.15) is 138 Å². The van der Waals surface area contributed by atoms with Gasteiger partial charge in [-0.2, -0.15) is 0 Å². The summed E-state index contributed by atoms with van der Waals surface area (Å²) in [5.41, 5.74) is 21.1. The van der Waals surface area contributed by atoms with Gasteiger partial charge in [-0.1, -0.05) is 138 Å². The number of nitrogens with zero attached hydrogens (tertiary/aromatic N) is 1. The molecule has 7 aliphatic rings. The predicted molar refractivity (Wildman–Crippen MR) is 247 cm³/mol. The van der Waals surface area contributed by atoms with E-state index in [-0.39, 0.29) is 10.8 Å². The quantitative estimate of drug-likeness (QED) is 0.163. The maximum Gasteiger partial charge on any atom is 0.0465 e. The Morgan fingerprint density at radius 3 is 1.71 bits per heavy atom. The van der Waals surface area contributed by atoms with Crippen LogP contribution in [0.4, 0.5) is 17.1 Å². The first-order valence-electron chi connectivity index (χ1n) is 23.2. The minimum Gasteiger partial charge on any atom is -0.310 e. The third-order valence-corrected chi connectivity index (χ3v) is 16.8. The van der Waals surface area contributed by atoms with Crippen molar-refractivity contribution in [2.75, 3.05) is 4.90 Å². The van der Waals surface area contributed by atoms with Crippen molar-refractivity contribution in [3.63, 3.8) is 0 Å². The fourth-order valence-corrected chi connectivity index (χ4v) is 14.4.